The molecule has 15 heavy (non-hydrogen) atoms. The second-order valence-corrected chi connectivity index (χ2v) is 5.28. The third kappa shape index (κ3) is 4.28. The van der Waals surface area contributed by atoms with Crippen LogP contribution in [-0.2, 0) is 6.54 Å². The van der Waals surface area contributed by atoms with Crippen LogP contribution in [0.3, 0.4) is 0 Å². The highest BCUT2D eigenvalue weighted by molar-refractivity contribution is 7.11. The maximum absolute atomic E-state index is 8.76. The van der Waals surface area contributed by atoms with Crippen LogP contribution in [0.25, 0.3) is 0 Å². The average Bonchev–Trinajstić information content (AvgIpc) is 2.46. The molecule has 0 aliphatic rings. The van der Waals surface area contributed by atoms with Crippen LogP contribution in [0.2, 0.25) is 0 Å². The Hall–Kier alpha value is -0.450. The summed E-state index contributed by atoms with van der Waals surface area (Å²) in [6.07, 6.45) is 0.869. The first-order valence-corrected chi connectivity index (χ1v) is 6.19. The van der Waals surface area contributed by atoms with E-state index in [2.05, 4.69) is 24.1 Å². The summed E-state index contributed by atoms with van der Waals surface area (Å²) in [4.78, 5) is 5.71. The highest BCUT2D eigenvalue weighted by Crippen LogP contribution is 2.16. The molecule has 1 aromatic heterocycles. The van der Waals surface area contributed by atoms with E-state index in [1.807, 2.05) is 6.92 Å². The summed E-state index contributed by atoms with van der Waals surface area (Å²) in [7, 11) is 0. The van der Waals surface area contributed by atoms with Gasteiger partial charge < -0.3 is 10.4 Å². The molecule has 0 aliphatic carbocycles. The Morgan fingerprint density at radius 1 is 1.47 bits per heavy atom. The molecule has 1 atom stereocenters. The zero-order chi connectivity index (χ0) is 11.3. The molecule has 1 heterocycles. The van der Waals surface area contributed by atoms with Crippen LogP contribution in [0.1, 0.15) is 28.9 Å². The highest BCUT2D eigenvalue weighted by Gasteiger charge is 2.05. The van der Waals surface area contributed by atoms with E-state index in [1.165, 1.54) is 4.88 Å². The van der Waals surface area contributed by atoms with Gasteiger partial charge in [0.2, 0.25) is 0 Å². The number of hydrogen-bond donors (Lipinski definition) is 2. The normalized spacial score (nSPS) is 13.1. The summed E-state index contributed by atoms with van der Waals surface area (Å²) in [6.45, 7) is 8.37. The molecule has 0 aliphatic heterocycles. The minimum Gasteiger partial charge on any atom is -0.396 e. The minimum absolute atomic E-state index is 0.279. The van der Waals surface area contributed by atoms with Crippen LogP contribution in [-0.4, -0.2) is 23.2 Å². The van der Waals surface area contributed by atoms with Crippen LogP contribution < -0.4 is 5.32 Å². The summed E-state index contributed by atoms with van der Waals surface area (Å²) in [5.41, 5.74) is 1.14. The molecule has 0 saturated heterocycles. The molecule has 1 unspecified atom stereocenters. The number of nitrogens with zero attached hydrogens (tertiary/aromatic N) is 1. The molecule has 4 heteroatoms. The van der Waals surface area contributed by atoms with Gasteiger partial charge >= 0.3 is 0 Å². The summed E-state index contributed by atoms with van der Waals surface area (Å²) >= 11 is 1.76. The van der Waals surface area contributed by atoms with E-state index in [4.69, 9.17) is 5.11 Å². The molecule has 2 N–H and O–H groups in total. The predicted molar refractivity (Wildman–Crippen MR) is 64.2 cm³/mol. The number of rotatable bonds is 6. The van der Waals surface area contributed by atoms with E-state index in [0.717, 1.165) is 30.2 Å². The SMILES string of the molecule is Cc1nc(C)c(CNCC(C)CCO)s1. The molecule has 86 valence electrons. The fourth-order valence-corrected chi connectivity index (χ4v) is 2.40. The first-order valence-electron chi connectivity index (χ1n) is 5.38. The van der Waals surface area contributed by atoms with Gasteiger partial charge in [-0.25, -0.2) is 4.98 Å². The lowest BCUT2D eigenvalue weighted by Crippen LogP contribution is -2.21. The maximum atomic E-state index is 8.76. The number of thiazole rings is 1. The van der Waals surface area contributed by atoms with Crippen molar-refractivity contribution in [2.45, 2.75) is 33.7 Å². The van der Waals surface area contributed by atoms with Crippen molar-refractivity contribution in [2.75, 3.05) is 13.2 Å². The van der Waals surface area contributed by atoms with Crippen molar-refractivity contribution in [2.24, 2.45) is 5.92 Å². The molecule has 0 saturated carbocycles. The summed E-state index contributed by atoms with van der Waals surface area (Å²) in [6, 6.07) is 0. The minimum atomic E-state index is 0.279. The van der Waals surface area contributed by atoms with E-state index in [-0.39, 0.29) is 6.61 Å². The molecule has 1 aromatic rings. The van der Waals surface area contributed by atoms with Gasteiger partial charge in [0.25, 0.3) is 0 Å². The predicted octanol–water partition coefficient (Wildman–Crippen LogP) is 1.87. The van der Waals surface area contributed by atoms with Gasteiger partial charge in [-0.05, 0) is 32.7 Å². The Kier molecular flexibility index (Phi) is 5.22. The lowest BCUT2D eigenvalue weighted by molar-refractivity contribution is 0.260. The monoisotopic (exact) mass is 228 g/mol. The zero-order valence-electron chi connectivity index (χ0n) is 9.71. The lowest BCUT2D eigenvalue weighted by atomic mass is 10.1. The summed E-state index contributed by atoms with van der Waals surface area (Å²) in [5.74, 6) is 0.532. The molecule has 0 aromatic carbocycles. The van der Waals surface area contributed by atoms with Gasteiger partial charge in [0, 0.05) is 18.0 Å². The Morgan fingerprint density at radius 2 is 2.20 bits per heavy atom. The van der Waals surface area contributed by atoms with Crippen molar-refractivity contribution in [3.63, 3.8) is 0 Å². The van der Waals surface area contributed by atoms with E-state index in [0.29, 0.717) is 5.92 Å². The Bertz CT molecular complexity index is 299. The maximum Gasteiger partial charge on any atom is 0.0900 e. The molecule has 0 radical (unpaired) electrons. The molecule has 0 fully saturated rings. The first-order chi connectivity index (χ1) is 7.13. The highest BCUT2D eigenvalue weighted by atomic mass is 32.1. The summed E-state index contributed by atoms with van der Waals surface area (Å²) < 4.78 is 0. The third-order valence-electron chi connectivity index (χ3n) is 2.40. The Morgan fingerprint density at radius 3 is 2.73 bits per heavy atom. The van der Waals surface area contributed by atoms with Crippen molar-refractivity contribution in [3.05, 3.63) is 15.6 Å². The topological polar surface area (TPSA) is 45.2 Å². The van der Waals surface area contributed by atoms with Gasteiger partial charge in [-0.2, -0.15) is 0 Å². The Labute approximate surface area is 95.6 Å². The van der Waals surface area contributed by atoms with E-state index in [9.17, 15) is 0 Å². The Balaban J connectivity index is 2.28. The van der Waals surface area contributed by atoms with Gasteiger partial charge in [-0.1, -0.05) is 6.92 Å². The van der Waals surface area contributed by atoms with Crippen LogP contribution >= 0.6 is 11.3 Å². The number of aliphatic hydroxyl groups is 1. The fraction of sp³-hybridized carbons (Fsp3) is 0.727. The van der Waals surface area contributed by atoms with Crippen LogP contribution in [0.4, 0.5) is 0 Å². The molecule has 0 spiro atoms. The van der Waals surface area contributed by atoms with Crippen molar-refractivity contribution in [3.8, 4) is 0 Å². The van der Waals surface area contributed by atoms with Gasteiger partial charge in [-0.15, -0.1) is 11.3 Å². The van der Waals surface area contributed by atoms with Gasteiger partial charge in [0.05, 0.1) is 10.7 Å². The lowest BCUT2D eigenvalue weighted by Gasteiger charge is -2.10. The van der Waals surface area contributed by atoms with Gasteiger partial charge in [-0.3, -0.25) is 0 Å². The number of hydrogen-bond acceptors (Lipinski definition) is 4. The number of nitrogens with one attached hydrogen (secondary N) is 1. The summed E-state index contributed by atoms with van der Waals surface area (Å²) in [5, 5.41) is 13.3. The van der Waals surface area contributed by atoms with Crippen molar-refractivity contribution in [1.82, 2.24) is 10.3 Å². The van der Waals surface area contributed by atoms with Gasteiger partial charge in [0.15, 0.2) is 0 Å². The molecule has 1 rings (SSSR count). The van der Waals surface area contributed by atoms with Crippen LogP contribution in [0.5, 0.6) is 0 Å². The first kappa shape index (κ1) is 12.6. The fourth-order valence-electron chi connectivity index (χ4n) is 1.49. The molecular weight excluding hydrogens is 208 g/mol. The van der Waals surface area contributed by atoms with Crippen molar-refractivity contribution < 1.29 is 5.11 Å². The van der Waals surface area contributed by atoms with Crippen LogP contribution in [0.15, 0.2) is 0 Å². The zero-order valence-corrected chi connectivity index (χ0v) is 10.5. The average molecular weight is 228 g/mol. The van der Waals surface area contributed by atoms with Crippen molar-refractivity contribution >= 4 is 11.3 Å². The molecular formula is C11H20N2OS. The number of aliphatic hydroxyl groups excluding tert-OH is 1. The van der Waals surface area contributed by atoms with E-state index >= 15 is 0 Å². The molecule has 0 amide bonds. The van der Waals surface area contributed by atoms with E-state index in [1.54, 1.807) is 11.3 Å². The van der Waals surface area contributed by atoms with Crippen molar-refractivity contribution in [1.29, 1.82) is 0 Å². The van der Waals surface area contributed by atoms with Crippen LogP contribution in [0, 0.1) is 19.8 Å². The standard InChI is InChI=1S/C11H20N2OS/c1-8(4-5-14)6-12-7-11-9(2)13-10(3)15-11/h8,12,14H,4-7H2,1-3H3. The molecule has 3 nitrogen and oxygen atoms in total. The molecule has 0 bridgehead atoms. The smallest absolute Gasteiger partial charge is 0.0900 e. The van der Waals surface area contributed by atoms with Gasteiger partial charge in [0.1, 0.15) is 0 Å². The second-order valence-electron chi connectivity index (χ2n) is 3.99. The number of aryl methyl sites for hydroxylation is 2. The largest absolute Gasteiger partial charge is 0.396 e. The third-order valence-corrected chi connectivity index (χ3v) is 3.47. The number of aromatic nitrogens is 1. The quantitative estimate of drug-likeness (QED) is 0.781. The second kappa shape index (κ2) is 6.20. The van der Waals surface area contributed by atoms with E-state index < -0.39 is 0 Å².